The Hall–Kier alpha value is -2.72. The predicted octanol–water partition coefficient (Wildman–Crippen LogP) is 13.9. The third kappa shape index (κ3) is 29.8. The van der Waals surface area contributed by atoms with Crippen molar-refractivity contribution < 1.29 is 9.59 Å². The summed E-state index contributed by atoms with van der Waals surface area (Å²) in [4.78, 5) is 26.6. The molecule has 0 aliphatic rings. The molecule has 0 aliphatic heterocycles. The molecule has 1 aromatic carbocycles. The lowest BCUT2D eigenvalue weighted by Gasteiger charge is -2.22. The molecule has 4 nitrogen and oxygen atoms in total. The van der Waals surface area contributed by atoms with E-state index in [1.165, 1.54) is 141 Å². The molecule has 0 bridgehead atoms. The molecule has 0 atom stereocenters. The average Bonchev–Trinajstić information content (AvgIpc) is 3.15. The van der Waals surface area contributed by atoms with Crippen molar-refractivity contribution in [2.75, 3.05) is 26.2 Å². The van der Waals surface area contributed by atoms with Crippen LogP contribution in [-0.4, -0.2) is 43.3 Å². The van der Waals surface area contributed by atoms with E-state index in [9.17, 15) is 9.59 Å². The maximum Gasteiger partial charge on any atom is 0.251 e. The van der Waals surface area contributed by atoms with Gasteiger partial charge in [-0.25, -0.2) is 0 Å². The van der Waals surface area contributed by atoms with Gasteiger partial charge in [-0.05, 0) is 134 Å². The third-order valence-corrected chi connectivity index (χ3v) is 9.78. The second-order valence-corrected chi connectivity index (χ2v) is 14.9. The number of rotatable bonds is 36. The first-order chi connectivity index (χ1) is 25.6. The summed E-state index contributed by atoms with van der Waals surface area (Å²) < 4.78 is 0. The number of amides is 1. The molecule has 0 saturated carbocycles. The number of nitrogens with one attached hydrogen (secondary N) is 1. The van der Waals surface area contributed by atoms with Crippen LogP contribution in [0.15, 0.2) is 66.8 Å². The molecule has 0 radical (unpaired) electrons. The maximum absolute atomic E-state index is 12.7. The number of hydrogen-bond donors (Lipinski definition) is 1. The van der Waals surface area contributed by atoms with E-state index in [1.807, 2.05) is 19.1 Å². The smallest absolute Gasteiger partial charge is 0.251 e. The van der Waals surface area contributed by atoms with E-state index in [-0.39, 0.29) is 5.91 Å². The minimum atomic E-state index is -0.0892. The Labute approximate surface area is 322 Å². The number of nitrogens with zero attached hydrogens (tertiary/aromatic N) is 1. The first kappa shape index (κ1) is 47.3. The van der Waals surface area contributed by atoms with Gasteiger partial charge in [-0.1, -0.05) is 140 Å². The van der Waals surface area contributed by atoms with Crippen LogP contribution in [0.2, 0.25) is 0 Å². The molecule has 0 saturated heterocycles. The van der Waals surface area contributed by atoms with Gasteiger partial charge in [0, 0.05) is 17.7 Å². The van der Waals surface area contributed by atoms with Crippen LogP contribution in [0.4, 0.5) is 0 Å². The summed E-state index contributed by atoms with van der Waals surface area (Å²) in [6, 6.07) is 5.34. The topological polar surface area (TPSA) is 49.4 Å². The highest BCUT2D eigenvalue weighted by atomic mass is 16.1. The van der Waals surface area contributed by atoms with Crippen molar-refractivity contribution in [2.24, 2.45) is 0 Å². The van der Waals surface area contributed by atoms with Crippen LogP contribution >= 0.6 is 0 Å². The van der Waals surface area contributed by atoms with E-state index < -0.39 is 0 Å². The lowest BCUT2D eigenvalue weighted by molar-refractivity contribution is 0.0951. The number of unbranched alkanes of at least 4 members (excludes halogenated alkanes) is 18. The summed E-state index contributed by atoms with van der Waals surface area (Å²) in [6.45, 7) is 10.4. The van der Waals surface area contributed by atoms with Crippen LogP contribution in [0.25, 0.3) is 0 Å². The fourth-order valence-electron chi connectivity index (χ4n) is 6.60. The SMILES string of the molecule is CCCCC/C=C\C/C=C\CCCCCCCCN(CCCCCCCC/C=C\C/C=C\CCCCC)CCCNC(=O)c1cc(C)cc(C=O)c1. The fourth-order valence-corrected chi connectivity index (χ4v) is 6.60. The molecule has 0 aromatic heterocycles. The van der Waals surface area contributed by atoms with Gasteiger partial charge in [-0.3, -0.25) is 9.59 Å². The largest absolute Gasteiger partial charge is 0.352 e. The van der Waals surface area contributed by atoms with Gasteiger partial charge < -0.3 is 10.2 Å². The van der Waals surface area contributed by atoms with Gasteiger partial charge in [-0.2, -0.15) is 0 Å². The molecule has 4 heteroatoms. The molecule has 1 amide bonds. The van der Waals surface area contributed by atoms with Crippen LogP contribution in [0.3, 0.4) is 0 Å². The second-order valence-electron chi connectivity index (χ2n) is 14.9. The molecule has 0 aliphatic carbocycles. The Morgan fingerprint density at radius 2 is 0.962 bits per heavy atom. The molecule has 0 fully saturated rings. The van der Waals surface area contributed by atoms with Crippen LogP contribution in [0, 0.1) is 6.92 Å². The van der Waals surface area contributed by atoms with E-state index in [2.05, 4.69) is 72.7 Å². The first-order valence-corrected chi connectivity index (χ1v) is 21.8. The highest BCUT2D eigenvalue weighted by Crippen LogP contribution is 2.13. The van der Waals surface area contributed by atoms with E-state index in [4.69, 9.17) is 0 Å². The maximum atomic E-state index is 12.7. The van der Waals surface area contributed by atoms with Gasteiger partial charge in [-0.15, -0.1) is 0 Å². The average molecular weight is 717 g/mol. The number of carbonyl (C=O) groups is 2. The van der Waals surface area contributed by atoms with Crippen molar-refractivity contribution in [2.45, 2.75) is 181 Å². The number of hydrogen-bond acceptors (Lipinski definition) is 3. The summed E-state index contributed by atoms with van der Waals surface area (Å²) in [7, 11) is 0. The predicted molar refractivity (Wildman–Crippen MR) is 229 cm³/mol. The van der Waals surface area contributed by atoms with Crippen molar-refractivity contribution in [3.63, 3.8) is 0 Å². The zero-order chi connectivity index (χ0) is 37.6. The third-order valence-electron chi connectivity index (χ3n) is 9.78. The molecule has 52 heavy (non-hydrogen) atoms. The lowest BCUT2D eigenvalue weighted by Crippen LogP contribution is -2.31. The highest BCUT2D eigenvalue weighted by Gasteiger charge is 2.09. The van der Waals surface area contributed by atoms with Gasteiger partial charge in [0.15, 0.2) is 0 Å². The number of allylic oxidation sites excluding steroid dienone is 8. The minimum Gasteiger partial charge on any atom is -0.352 e. The molecule has 0 spiro atoms. The number of benzene rings is 1. The van der Waals surface area contributed by atoms with Crippen LogP contribution in [0.5, 0.6) is 0 Å². The lowest BCUT2D eigenvalue weighted by atomic mass is 10.1. The van der Waals surface area contributed by atoms with Crippen LogP contribution < -0.4 is 5.32 Å². The van der Waals surface area contributed by atoms with E-state index >= 15 is 0 Å². The molecule has 1 N–H and O–H groups in total. The van der Waals surface area contributed by atoms with Gasteiger partial charge in [0.1, 0.15) is 6.29 Å². The Balaban J connectivity index is 2.28. The molecular formula is C48H80N2O2. The van der Waals surface area contributed by atoms with E-state index in [0.29, 0.717) is 17.7 Å². The van der Waals surface area contributed by atoms with Crippen molar-refractivity contribution in [3.8, 4) is 0 Å². The minimum absolute atomic E-state index is 0.0892. The summed E-state index contributed by atoms with van der Waals surface area (Å²) in [5.41, 5.74) is 2.06. The van der Waals surface area contributed by atoms with Gasteiger partial charge in [0.2, 0.25) is 0 Å². The summed E-state index contributed by atoms with van der Waals surface area (Å²) in [6.07, 6.45) is 51.2. The molecule has 1 rings (SSSR count). The molecule has 0 unspecified atom stereocenters. The summed E-state index contributed by atoms with van der Waals surface area (Å²) in [5, 5.41) is 3.08. The standard InChI is InChI=1S/C48H80N2O2/c1-4-6-8-10-12-14-16-18-20-22-24-26-28-30-32-34-38-50(40-36-37-49-48(52)47-42-45(3)41-46(43-47)44-51)39-35-33-31-29-27-25-23-21-19-17-15-13-11-9-7-5-2/h12-15,18-21,41-44H,4-11,16-17,22-40H2,1-3H3,(H,49,52)/b14-12-,15-13-,20-18-,21-19-. The Morgan fingerprint density at radius 1 is 0.538 bits per heavy atom. The summed E-state index contributed by atoms with van der Waals surface area (Å²) >= 11 is 0. The zero-order valence-corrected chi connectivity index (χ0v) is 34.2. The Bertz CT molecular complexity index is 1050. The van der Waals surface area contributed by atoms with Crippen molar-refractivity contribution >= 4 is 12.2 Å². The van der Waals surface area contributed by atoms with E-state index in [1.54, 1.807) is 6.07 Å². The van der Waals surface area contributed by atoms with Crippen molar-refractivity contribution in [1.29, 1.82) is 0 Å². The number of carbonyl (C=O) groups excluding carboxylic acids is 2. The quantitative estimate of drug-likeness (QED) is 0.0427. The molecule has 1 aromatic rings. The zero-order valence-electron chi connectivity index (χ0n) is 34.2. The van der Waals surface area contributed by atoms with Gasteiger partial charge in [0.25, 0.3) is 5.91 Å². The Morgan fingerprint density at radius 3 is 1.42 bits per heavy atom. The molecule has 0 heterocycles. The second kappa shape index (κ2) is 36.6. The molecule has 294 valence electrons. The van der Waals surface area contributed by atoms with Gasteiger partial charge >= 0.3 is 0 Å². The normalized spacial score (nSPS) is 12.1. The van der Waals surface area contributed by atoms with Crippen LogP contribution in [0.1, 0.15) is 201 Å². The van der Waals surface area contributed by atoms with E-state index in [0.717, 1.165) is 50.7 Å². The summed E-state index contributed by atoms with van der Waals surface area (Å²) in [5.74, 6) is -0.0892. The van der Waals surface area contributed by atoms with Crippen LogP contribution in [-0.2, 0) is 0 Å². The fraction of sp³-hybridized carbons (Fsp3) is 0.667. The number of aryl methyl sites for hydroxylation is 1. The Kier molecular flexibility index (Phi) is 33.3. The molecular weight excluding hydrogens is 637 g/mol. The first-order valence-electron chi connectivity index (χ1n) is 21.8. The highest BCUT2D eigenvalue weighted by molar-refractivity contribution is 5.96. The van der Waals surface area contributed by atoms with Gasteiger partial charge in [0.05, 0.1) is 0 Å². The number of aldehydes is 1. The van der Waals surface area contributed by atoms with Crippen molar-refractivity contribution in [3.05, 3.63) is 83.5 Å². The monoisotopic (exact) mass is 717 g/mol. The van der Waals surface area contributed by atoms with Crippen molar-refractivity contribution in [1.82, 2.24) is 10.2 Å².